The molecule has 9 heteroatoms. The summed E-state index contributed by atoms with van der Waals surface area (Å²) in [4.78, 5) is 22.4. The summed E-state index contributed by atoms with van der Waals surface area (Å²) in [5, 5.41) is 3.97. The van der Waals surface area contributed by atoms with Crippen LogP contribution in [0.2, 0.25) is 0 Å². The lowest BCUT2D eigenvalue weighted by Gasteiger charge is -2.31. The number of piperidine rings is 1. The molecule has 0 unspecified atom stereocenters. The van der Waals surface area contributed by atoms with Crippen LogP contribution in [-0.2, 0) is 0 Å². The monoisotopic (exact) mass is 388 g/mol. The molecule has 1 aliphatic rings. The number of rotatable bonds is 3. The van der Waals surface area contributed by atoms with Gasteiger partial charge in [0.05, 0.1) is 0 Å². The van der Waals surface area contributed by atoms with Crippen molar-refractivity contribution in [3.8, 4) is 11.6 Å². The van der Waals surface area contributed by atoms with Crippen LogP contribution in [0.25, 0.3) is 11.6 Å². The van der Waals surface area contributed by atoms with Crippen molar-refractivity contribution in [2.24, 2.45) is 0 Å². The maximum atomic E-state index is 14.0. The first-order chi connectivity index (χ1) is 13.5. The van der Waals surface area contributed by atoms with E-state index < -0.39 is 28.9 Å². The number of hydrogen-bond donors (Lipinski definition) is 0. The zero-order chi connectivity index (χ0) is 19.7. The van der Waals surface area contributed by atoms with Gasteiger partial charge in [-0.2, -0.15) is 4.98 Å². The van der Waals surface area contributed by atoms with Crippen molar-refractivity contribution in [2.45, 2.75) is 18.8 Å². The van der Waals surface area contributed by atoms with E-state index in [4.69, 9.17) is 4.52 Å². The maximum Gasteiger partial charge on any atom is 0.276 e. The Morgan fingerprint density at radius 3 is 2.68 bits per heavy atom. The van der Waals surface area contributed by atoms with Gasteiger partial charge in [0, 0.05) is 37.3 Å². The van der Waals surface area contributed by atoms with Gasteiger partial charge in [0.15, 0.2) is 5.82 Å². The van der Waals surface area contributed by atoms with E-state index in [1.165, 1.54) is 4.90 Å². The number of amides is 1. The molecule has 6 nitrogen and oxygen atoms in total. The first kappa shape index (κ1) is 18.1. The molecule has 1 aliphatic heterocycles. The topological polar surface area (TPSA) is 72.1 Å². The van der Waals surface area contributed by atoms with Crippen LogP contribution in [-0.4, -0.2) is 39.0 Å². The lowest BCUT2D eigenvalue weighted by Crippen LogP contribution is -2.40. The van der Waals surface area contributed by atoms with Crippen LogP contribution in [0, 0.1) is 17.5 Å². The number of pyridine rings is 1. The van der Waals surface area contributed by atoms with Crippen LogP contribution < -0.4 is 0 Å². The highest BCUT2D eigenvalue weighted by Crippen LogP contribution is 2.28. The Bertz CT molecular complexity index is 986. The molecule has 1 atom stereocenters. The minimum Gasteiger partial charge on any atom is -0.338 e. The molecule has 0 N–H and O–H groups in total. The molecule has 1 aromatic carbocycles. The fourth-order valence-electron chi connectivity index (χ4n) is 3.27. The smallest absolute Gasteiger partial charge is 0.276 e. The summed E-state index contributed by atoms with van der Waals surface area (Å²) >= 11 is 0. The number of nitrogens with zero attached hydrogens (tertiary/aromatic N) is 4. The van der Waals surface area contributed by atoms with Crippen molar-refractivity contribution in [1.82, 2.24) is 20.0 Å². The van der Waals surface area contributed by atoms with Gasteiger partial charge in [-0.1, -0.05) is 11.2 Å². The standard InChI is InChI=1S/C19H15F3N4O2/c20-12-8-13(21)16(14(22)9-12)19(27)26-7-3-4-11(10-26)17-24-18(28-25-17)15-5-1-2-6-23-15/h1-2,5-6,8-9,11H,3-4,7,10H2/t11-/m0/s1. The third-order valence-corrected chi connectivity index (χ3v) is 4.62. The van der Waals surface area contributed by atoms with E-state index in [0.29, 0.717) is 43.0 Å². The van der Waals surface area contributed by atoms with E-state index in [2.05, 4.69) is 15.1 Å². The third kappa shape index (κ3) is 3.47. The van der Waals surface area contributed by atoms with Crippen LogP contribution in [0.1, 0.15) is 34.9 Å². The van der Waals surface area contributed by atoms with Crippen molar-refractivity contribution in [3.05, 3.63) is 65.4 Å². The van der Waals surface area contributed by atoms with Gasteiger partial charge < -0.3 is 9.42 Å². The summed E-state index contributed by atoms with van der Waals surface area (Å²) in [6.45, 7) is 0.507. The average molecular weight is 388 g/mol. The average Bonchev–Trinajstić information content (AvgIpc) is 3.18. The van der Waals surface area contributed by atoms with Crippen LogP contribution in [0.4, 0.5) is 13.2 Å². The van der Waals surface area contributed by atoms with Crippen LogP contribution in [0.15, 0.2) is 41.1 Å². The number of benzene rings is 1. The molecular weight excluding hydrogens is 373 g/mol. The SMILES string of the molecule is O=C(c1c(F)cc(F)cc1F)N1CCC[C@H](c2noc(-c3ccccn3)n2)C1. The molecule has 3 heterocycles. The highest BCUT2D eigenvalue weighted by atomic mass is 19.1. The largest absolute Gasteiger partial charge is 0.338 e. The fraction of sp³-hybridized carbons (Fsp3) is 0.263. The zero-order valence-electron chi connectivity index (χ0n) is 14.6. The highest BCUT2D eigenvalue weighted by Gasteiger charge is 2.31. The second-order valence-corrected chi connectivity index (χ2v) is 6.51. The Morgan fingerprint density at radius 2 is 1.96 bits per heavy atom. The second kappa shape index (κ2) is 7.41. The minimum absolute atomic E-state index is 0.177. The van der Waals surface area contributed by atoms with Gasteiger partial charge in [-0.15, -0.1) is 0 Å². The summed E-state index contributed by atoms with van der Waals surface area (Å²) < 4.78 is 46.3. The van der Waals surface area contributed by atoms with Crippen molar-refractivity contribution in [2.75, 3.05) is 13.1 Å². The van der Waals surface area contributed by atoms with Crippen LogP contribution >= 0.6 is 0 Å². The number of carbonyl (C=O) groups is 1. The fourth-order valence-corrected chi connectivity index (χ4v) is 3.27. The Balaban J connectivity index is 1.54. The number of likely N-dealkylation sites (tertiary alicyclic amines) is 1. The van der Waals surface area contributed by atoms with Gasteiger partial charge in [0.25, 0.3) is 11.8 Å². The highest BCUT2D eigenvalue weighted by molar-refractivity contribution is 5.94. The predicted molar refractivity (Wildman–Crippen MR) is 91.7 cm³/mol. The maximum absolute atomic E-state index is 14.0. The van der Waals surface area contributed by atoms with E-state index in [1.54, 1.807) is 24.4 Å². The number of aromatic nitrogens is 3. The Labute approximate surface area is 158 Å². The minimum atomic E-state index is -1.22. The molecular formula is C19H15F3N4O2. The molecule has 0 bridgehead atoms. The molecule has 28 heavy (non-hydrogen) atoms. The molecule has 0 aliphatic carbocycles. The molecule has 144 valence electrons. The van der Waals surface area contributed by atoms with E-state index >= 15 is 0 Å². The predicted octanol–water partition coefficient (Wildman–Crippen LogP) is 3.57. The molecule has 0 saturated carbocycles. The summed E-state index contributed by atoms with van der Waals surface area (Å²) in [5.41, 5.74) is -0.232. The molecule has 0 radical (unpaired) electrons. The normalized spacial score (nSPS) is 17.0. The molecule has 2 aromatic heterocycles. The quantitative estimate of drug-likeness (QED) is 0.686. The number of hydrogen-bond acceptors (Lipinski definition) is 5. The summed E-state index contributed by atoms with van der Waals surface area (Å²) in [5.74, 6) is -3.92. The molecule has 0 spiro atoms. The number of halogens is 3. The van der Waals surface area contributed by atoms with Gasteiger partial charge in [0.1, 0.15) is 28.7 Å². The van der Waals surface area contributed by atoms with Gasteiger partial charge in [0.2, 0.25) is 0 Å². The van der Waals surface area contributed by atoms with Crippen LogP contribution in [0.3, 0.4) is 0 Å². The molecule has 1 saturated heterocycles. The van der Waals surface area contributed by atoms with E-state index in [-0.39, 0.29) is 18.4 Å². The summed E-state index contributed by atoms with van der Waals surface area (Å²) in [6.07, 6.45) is 2.90. The molecule has 1 fully saturated rings. The van der Waals surface area contributed by atoms with Gasteiger partial charge in [-0.25, -0.2) is 13.2 Å². The zero-order valence-corrected chi connectivity index (χ0v) is 14.6. The van der Waals surface area contributed by atoms with Crippen molar-refractivity contribution in [3.63, 3.8) is 0 Å². The lowest BCUT2D eigenvalue weighted by atomic mass is 9.96. The molecule has 1 amide bonds. The Kier molecular flexibility index (Phi) is 4.81. The second-order valence-electron chi connectivity index (χ2n) is 6.51. The van der Waals surface area contributed by atoms with Crippen LogP contribution in [0.5, 0.6) is 0 Å². The lowest BCUT2D eigenvalue weighted by molar-refractivity contribution is 0.0693. The first-order valence-corrected chi connectivity index (χ1v) is 8.72. The first-order valence-electron chi connectivity index (χ1n) is 8.72. The van der Waals surface area contributed by atoms with E-state index in [0.717, 1.165) is 0 Å². The third-order valence-electron chi connectivity index (χ3n) is 4.62. The summed E-state index contributed by atoms with van der Waals surface area (Å²) in [6, 6.07) is 6.28. The van der Waals surface area contributed by atoms with Gasteiger partial charge in [-0.3, -0.25) is 9.78 Å². The van der Waals surface area contributed by atoms with Gasteiger partial charge >= 0.3 is 0 Å². The van der Waals surface area contributed by atoms with E-state index in [9.17, 15) is 18.0 Å². The molecule has 3 aromatic rings. The molecule has 4 rings (SSSR count). The van der Waals surface area contributed by atoms with Crippen molar-refractivity contribution in [1.29, 1.82) is 0 Å². The van der Waals surface area contributed by atoms with Gasteiger partial charge in [-0.05, 0) is 25.0 Å². The number of carbonyl (C=O) groups excluding carboxylic acids is 1. The van der Waals surface area contributed by atoms with E-state index in [1.807, 2.05) is 0 Å². The van der Waals surface area contributed by atoms with Crippen molar-refractivity contribution >= 4 is 5.91 Å². The van der Waals surface area contributed by atoms with Crippen molar-refractivity contribution < 1.29 is 22.5 Å². The Morgan fingerprint density at radius 1 is 1.18 bits per heavy atom. The summed E-state index contributed by atoms with van der Waals surface area (Å²) in [7, 11) is 0. The Hall–Kier alpha value is -3.23.